The van der Waals surface area contributed by atoms with Gasteiger partial charge in [0.1, 0.15) is 0 Å². The standard InChI is InChI=1S/C16H19ClN2O3/c1-2-19(12-5-3-4-6-12)15(20)10-22-16(21)13-8-7-11(17)9-14(13)18/h5,7-9H,2-4,6,10,18H2,1H3. The molecular weight excluding hydrogens is 304 g/mol. The average molecular weight is 323 g/mol. The van der Waals surface area contributed by atoms with E-state index in [1.54, 1.807) is 11.0 Å². The highest BCUT2D eigenvalue weighted by molar-refractivity contribution is 6.31. The molecule has 0 heterocycles. The fraction of sp³-hybridized carbons (Fsp3) is 0.375. The van der Waals surface area contributed by atoms with Crippen LogP contribution >= 0.6 is 11.6 Å². The number of ether oxygens (including phenoxy) is 1. The molecule has 2 N–H and O–H groups in total. The fourth-order valence-electron chi connectivity index (χ4n) is 2.44. The normalized spacial score (nSPS) is 13.6. The van der Waals surface area contributed by atoms with Crippen LogP contribution in [0.1, 0.15) is 36.5 Å². The molecule has 6 heteroatoms. The predicted molar refractivity (Wildman–Crippen MR) is 85.5 cm³/mol. The third-order valence-electron chi connectivity index (χ3n) is 3.54. The molecule has 0 saturated heterocycles. The van der Waals surface area contributed by atoms with Gasteiger partial charge in [-0.3, -0.25) is 4.79 Å². The van der Waals surface area contributed by atoms with Crippen LogP contribution in [0.2, 0.25) is 5.02 Å². The number of nitrogens with two attached hydrogens (primary N) is 1. The molecule has 0 bridgehead atoms. The summed E-state index contributed by atoms with van der Waals surface area (Å²) in [6.45, 7) is 2.16. The van der Waals surface area contributed by atoms with E-state index in [4.69, 9.17) is 22.1 Å². The lowest BCUT2D eigenvalue weighted by Crippen LogP contribution is -2.33. The van der Waals surface area contributed by atoms with Crippen LogP contribution in [0.4, 0.5) is 5.69 Å². The molecule has 118 valence electrons. The zero-order valence-electron chi connectivity index (χ0n) is 12.5. The largest absolute Gasteiger partial charge is 0.452 e. The fourth-order valence-corrected chi connectivity index (χ4v) is 2.62. The summed E-state index contributed by atoms with van der Waals surface area (Å²) < 4.78 is 5.07. The molecule has 1 aliphatic rings. The van der Waals surface area contributed by atoms with Gasteiger partial charge in [0.2, 0.25) is 0 Å². The van der Waals surface area contributed by atoms with Crippen LogP contribution in [0.25, 0.3) is 0 Å². The molecule has 0 aliphatic heterocycles. The number of halogens is 1. The Morgan fingerprint density at radius 1 is 1.41 bits per heavy atom. The van der Waals surface area contributed by atoms with E-state index in [0.717, 1.165) is 25.0 Å². The molecule has 5 nitrogen and oxygen atoms in total. The molecule has 0 fully saturated rings. The van der Waals surface area contributed by atoms with Crippen molar-refractivity contribution in [1.29, 1.82) is 0 Å². The highest BCUT2D eigenvalue weighted by Gasteiger charge is 2.20. The second-order valence-electron chi connectivity index (χ2n) is 5.03. The highest BCUT2D eigenvalue weighted by Crippen LogP contribution is 2.22. The maximum atomic E-state index is 12.2. The van der Waals surface area contributed by atoms with Gasteiger partial charge in [-0.15, -0.1) is 0 Å². The minimum absolute atomic E-state index is 0.209. The van der Waals surface area contributed by atoms with Crippen LogP contribution in [0.15, 0.2) is 30.0 Å². The Hall–Kier alpha value is -2.01. The van der Waals surface area contributed by atoms with E-state index >= 15 is 0 Å². The number of likely N-dealkylation sites (N-methyl/N-ethyl adjacent to an activating group) is 1. The monoisotopic (exact) mass is 322 g/mol. The molecule has 0 saturated carbocycles. The van der Waals surface area contributed by atoms with Crippen LogP contribution in [0, 0.1) is 0 Å². The van der Waals surface area contributed by atoms with Gasteiger partial charge in [-0.1, -0.05) is 17.7 Å². The van der Waals surface area contributed by atoms with E-state index in [-0.39, 0.29) is 23.8 Å². The Balaban J connectivity index is 1.96. The molecule has 1 aliphatic carbocycles. The van der Waals surface area contributed by atoms with E-state index in [1.165, 1.54) is 12.1 Å². The number of amides is 1. The Labute approximate surface area is 134 Å². The van der Waals surface area contributed by atoms with Crippen molar-refractivity contribution in [3.05, 3.63) is 40.6 Å². The predicted octanol–water partition coefficient (Wildman–Crippen LogP) is 3.00. The molecule has 1 amide bonds. The van der Waals surface area contributed by atoms with Crippen LogP contribution in [-0.4, -0.2) is 29.9 Å². The number of carbonyl (C=O) groups is 2. The van der Waals surface area contributed by atoms with Crippen molar-refractivity contribution in [2.45, 2.75) is 26.2 Å². The van der Waals surface area contributed by atoms with Gasteiger partial charge in [-0.25, -0.2) is 4.79 Å². The zero-order chi connectivity index (χ0) is 16.1. The Morgan fingerprint density at radius 2 is 2.18 bits per heavy atom. The van der Waals surface area contributed by atoms with Crippen molar-refractivity contribution < 1.29 is 14.3 Å². The summed E-state index contributed by atoms with van der Waals surface area (Å²) in [6, 6.07) is 4.52. The van der Waals surface area contributed by atoms with Crippen LogP contribution in [-0.2, 0) is 9.53 Å². The molecule has 22 heavy (non-hydrogen) atoms. The summed E-state index contributed by atoms with van der Waals surface area (Å²) >= 11 is 5.78. The maximum Gasteiger partial charge on any atom is 0.340 e. The van der Waals surface area contributed by atoms with Crippen molar-refractivity contribution in [3.8, 4) is 0 Å². The SMILES string of the molecule is CCN(C(=O)COC(=O)c1ccc(Cl)cc1N)C1=CCCC1. The number of allylic oxidation sites excluding steroid dienone is 2. The summed E-state index contributed by atoms with van der Waals surface area (Å²) in [4.78, 5) is 25.8. The summed E-state index contributed by atoms with van der Waals surface area (Å²) in [5, 5.41) is 0.440. The molecule has 0 atom stereocenters. The Bertz CT molecular complexity index is 613. The number of hydrogen-bond acceptors (Lipinski definition) is 4. The van der Waals surface area contributed by atoms with Crippen LogP contribution < -0.4 is 5.73 Å². The van der Waals surface area contributed by atoms with Gasteiger partial charge in [0, 0.05) is 23.0 Å². The third kappa shape index (κ3) is 3.80. The van der Waals surface area contributed by atoms with Gasteiger partial charge >= 0.3 is 5.97 Å². The van der Waals surface area contributed by atoms with E-state index in [9.17, 15) is 9.59 Å². The first kappa shape index (κ1) is 16.4. The minimum atomic E-state index is -0.626. The maximum absolute atomic E-state index is 12.2. The highest BCUT2D eigenvalue weighted by atomic mass is 35.5. The number of carbonyl (C=O) groups excluding carboxylic acids is 2. The summed E-state index contributed by atoms with van der Waals surface area (Å²) in [7, 11) is 0. The lowest BCUT2D eigenvalue weighted by molar-refractivity contribution is -0.132. The second kappa shape index (κ2) is 7.31. The molecular formula is C16H19ClN2O3. The zero-order valence-corrected chi connectivity index (χ0v) is 13.2. The van der Waals surface area contributed by atoms with Crippen molar-refractivity contribution in [3.63, 3.8) is 0 Å². The van der Waals surface area contributed by atoms with E-state index in [1.807, 2.05) is 6.92 Å². The smallest absolute Gasteiger partial charge is 0.340 e. The van der Waals surface area contributed by atoms with Gasteiger partial charge in [0.05, 0.1) is 5.56 Å². The second-order valence-corrected chi connectivity index (χ2v) is 5.47. The number of nitrogens with zero attached hydrogens (tertiary/aromatic N) is 1. The minimum Gasteiger partial charge on any atom is -0.452 e. The molecule has 0 aromatic heterocycles. The molecule has 0 unspecified atom stereocenters. The number of hydrogen-bond donors (Lipinski definition) is 1. The van der Waals surface area contributed by atoms with Gasteiger partial charge < -0.3 is 15.4 Å². The molecule has 2 rings (SSSR count). The lowest BCUT2D eigenvalue weighted by Gasteiger charge is -2.22. The van der Waals surface area contributed by atoms with Crippen molar-refractivity contribution in [1.82, 2.24) is 4.90 Å². The number of benzene rings is 1. The van der Waals surface area contributed by atoms with E-state index < -0.39 is 5.97 Å². The Kier molecular flexibility index (Phi) is 5.44. The summed E-state index contributed by atoms with van der Waals surface area (Å²) in [6.07, 6.45) is 4.98. The van der Waals surface area contributed by atoms with Crippen LogP contribution in [0.5, 0.6) is 0 Å². The quantitative estimate of drug-likeness (QED) is 0.668. The molecule has 1 aromatic rings. The van der Waals surface area contributed by atoms with Crippen molar-refractivity contribution >= 4 is 29.2 Å². The van der Waals surface area contributed by atoms with Gasteiger partial charge in [0.25, 0.3) is 5.91 Å². The van der Waals surface area contributed by atoms with Crippen molar-refractivity contribution in [2.75, 3.05) is 18.9 Å². The molecule has 0 spiro atoms. The number of esters is 1. The summed E-state index contributed by atoms with van der Waals surface area (Å²) in [5.41, 5.74) is 7.17. The van der Waals surface area contributed by atoms with Gasteiger partial charge in [-0.2, -0.15) is 0 Å². The van der Waals surface area contributed by atoms with E-state index in [0.29, 0.717) is 11.6 Å². The topological polar surface area (TPSA) is 72.6 Å². The first-order valence-corrected chi connectivity index (χ1v) is 7.62. The van der Waals surface area contributed by atoms with Crippen molar-refractivity contribution in [2.24, 2.45) is 0 Å². The number of anilines is 1. The van der Waals surface area contributed by atoms with E-state index in [2.05, 4.69) is 6.08 Å². The average Bonchev–Trinajstić information content (AvgIpc) is 2.99. The summed E-state index contributed by atoms with van der Waals surface area (Å²) in [5.74, 6) is -0.851. The third-order valence-corrected chi connectivity index (χ3v) is 3.78. The number of rotatable bonds is 5. The Morgan fingerprint density at radius 3 is 2.77 bits per heavy atom. The first-order valence-electron chi connectivity index (χ1n) is 7.24. The lowest BCUT2D eigenvalue weighted by atomic mass is 10.2. The van der Waals surface area contributed by atoms with Gasteiger partial charge in [-0.05, 0) is 44.4 Å². The first-order chi connectivity index (χ1) is 10.5. The number of nitrogen functional groups attached to an aromatic ring is 1. The molecule has 1 aromatic carbocycles. The van der Waals surface area contributed by atoms with Gasteiger partial charge in [0.15, 0.2) is 6.61 Å². The van der Waals surface area contributed by atoms with Crippen LogP contribution in [0.3, 0.4) is 0 Å². The molecule has 0 radical (unpaired) electrons.